The fourth-order valence-corrected chi connectivity index (χ4v) is 3.44. The molecule has 2 rings (SSSR count). The summed E-state index contributed by atoms with van der Waals surface area (Å²) in [5.74, 6) is 0.701. The third-order valence-electron chi connectivity index (χ3n) is 2.92. The number of rotatable bonds is 6. The summed E-state index contributed by atoms with van der Waals surface area (Å²) in [4.78, 5) is 1.02. The lowest BCUT2D eigenvalue weighted by Crippen LogP contribution is -2.28. The van der Waals surface area contributed by atoms with Crippen molar-refractivity contribution in [1.82, 2.24) is 4.31 Å². The molecule has 1 aromatic carbocycles. The van der Waals surface area contributed by atoms with Crippen molar-refractivity contribution in [3.8, 4) is 5.75 Å². The van der Waals surface area contributed by atoms with Gasteiger partial charge in [-0.3, -0.25) is 0 Å². The molecule has 1 heterocycles. The summed E-state index contributed by atoms with van der Waals surface area (Å²) in [5, 5.41) is 1.94. The van der Waals surface area contributed by atoms with Crippen LogP contribution in [0, 0.1) is 0 Å². The number of para-hydroxylation sites is 1. The summed E-state index contributed by atoms with van der Waals surface area (Å²) in [6, 6.07) is 11.3. The Bertz CT molecular complexity index is 651. The number of hydrogen-bond donors (Lipinski definition) is 0. The van der Waals surface area contributed by atoms with E-state index in [1.165, 1.54) is 10.6 Å². The molecule has 20 heavy (non-hydrogen) atoms. The fraction of sp³-hybridized carbons (Fsp3) is 0.286. The Hall–Kier alpha value is -1.37. The lowest BCUT2D eigenvalue weighted by molar-refractivity contribution is 0.379. The molecule has 0 amide bonds. The van der Waals surface area contributed by atoms with E-state index < -0.39 is 10.0 Å². The standard InChI is InChI=1S/C14H17NO3S2/c1-18-14-8-4-3-6-12(14)10-15(20(2,16)17)11-13-7-5-9-19-13/h3-9H,10-11H2,1-2H3. The molecular weight excluding hydrogens is 294 g/mol. The second-order valence-electron chi connectivity index (χ2n) is 4.42. The molecule has 0 saturated heterocycles. The number of ether oxygens (including phenoxy) is 1. The molecule has 0 atom stereocenters. The minimum absolute atomic E-state index is 0.306. The minimum atomic E-state index is -3.28. The molecule has 0 N–H and O–H groups in total. The first kappa shape index (κ1) is 15.0. The van der Waals surface area contributed by atoms with Gasteiger partial charge in [0.2, 0.25) is 10.0 Å². The van der Waals surface area contributed by atoms with Gasteiger partial charge in [-0.05, 0) is 17.5 Å². The zero-order valence-corrected chi connectivity index (χ0v) is 13.1. The smallest absolute Gasteiger partial charge is 0.211 e. The molecule has 108 valence electrons. The molecule has 1 aromatic heterocycles. The highest BCUT2D eigenvalue weighted by Gasteiger charge is 2.19. The highest BCUT2D eigenvalue weighted by atomic mass is 32.2. The Balaban J connectivity index is 2.24. The van der Waals surface area contributed by atoms with Crippen LogP contribution in [0.25, 0.3) is 0 Å². The van der Waals surface area contributed by atoms with Gasteiger partial charge in [0.1, 0.15) is 5.75 Å². The highest BCUT2D eigenvalue weighted by Crippen LogP contribution is 2.22. The summed E-state index contributed by atoms with van der Waals surface area (Å²) in [6.07, 6.45) is 1.23. The lowest BCUT2D eigenvalue weighted by atomic mass is 10.2. The zero-order chi connectivity index (χ0) is 14.6. The molecule has 4 nitrogen and oxygen atoms in total. The van der Waals surface area contributed by atoms with E-state index in [-0.39, 0.29) is 0 Å². The van der Waals surface area contributed by atoms with Crippen LogP contribution in [-0.4, -0.2) is 26.1 Å². The molecule has 0 fully saturated rings. The largest absolute Gasteiger partial charge is 0.496 e. The van der Waals surface area contributed by atoms with Crippen LogP contribution >= 0.6 is 11.3 Å². The van der Waals surface area contributed by atoms with Crippen molar-refractivity contribution in [2.45, 2.75) is 13.1 Å². The van der Waals surface area contributed by atoms with Crippen molar-refractivity contribution in [2.75, 3.05) is 13.4 Å². The van der Waals surface area contributed by atoms with Gasteiger partial charge in [-0.2, -0.15) is 4.31 Å². The van der Waals surface area contributed by atoms with Crippen molar-refractivity contribution < 1.29 is 13.2 Å². The Morgan fingerprint density at radius 2 is 1.90 bits per heavy atom. The molecule has 0 radical (unpaired) electrons. The van der Waals surface area contributed by atoms with E-state index in [1.807, 2.05) is 41.8 Å². The van der Waals surface area contributed by atoms with Crippen molar-refractivity contribution >= 4 is 21.4 Å². The molecule has 0 aliphatic heterocycles. The van der Waals surface area contributed by atoms with Crippen LogP contribution in [-0.2, 0) is 23.1 Å². The maximum atomic E-state index is 12.0. The van der Waals surface area contributed by atoms with Crippen molar-refractivity contribution in [1.29, 1.82) is 0 Å². The van der Waals surface area contributed by atoms with Gasteiger partial charge in [0, 0.05) is 23.5 Å². The normalized spacial score (nSPS) is 11.8. The van der Waals surface area contributed by atoms with Gasteiger partial charge in [-0.1, -0.05) is 24.3 Å². The van der Waals surface area contributed by atoms with Crippen LogP contribution < -0.4 is 4.74 Å². The number of hydrogen-bond acceptors (Lipinski definition) is 4. The molecule has 0 unspecified atom stereocenters. The van der Waals surface area contributed by atoms with E-state index >= 15 is 0 Å². The van der Waals surface area contributed by atoms with E-state index in [2.05, 4.69) is 0 Å². The van der Waals surface area contributed by atoms with Crippen LogP contribution in [0.5, 0.6) is 5.75 Å². The Labute approximate surface area is 123 Å². The van der Waals surface area contributed by atoms with E-state index in [0.717, 1.165) is 10.4 Å². The summed E-state index contributed by atoms with van der Waals surface area (Å²) in [5.41, 5.74) is 0.858. The van der Waals surface area contributed by atoms with Gasteiger partial charge in [0.15, 0.2) is 0 Å². The molecule has 0 aliphatic carbocycles. The van der Waals surface area contributed by atoms with Crippen LogP contribution in [0.4, 0.5) is 0 Å². The van der Waals surface area contributed by atoms with Crippen molar-refractivity contribution in [3.63, 3.8) is 0 Å². The fourth-order valence-electron chi connectivity index (χ4n) is 1.89. The Morgan fingerprint density at radius 3 is 2.50 bits per heavy atom. The summed E-state index contributed by atoms with van der Waals surface area (Å²) in [6.45, 7) is 0.690. The van der Waals surface area contributed by atoms with Gasteiger partial charge < -0.3 is 4.74 Å². The van der Waals surface area contributed by atoms with Crippen LogP contribution in [0.1, 0.15) is 10.4 Å². The van der Waals surface area contributed by atoms with Gasteiger partial charge in [-0.15, -0.1) is 11.3 Å². The molecule has 0 saturated carbocycles. The average molecular weight is 311 g/mol. The highest BCUT2D eigenvalue weighted by molar-refractivity contribution is 7.88. The van der Waals surface area contributed by atoms with Crippen LogP contribution in [0.2, 0.25) is 0 Å². The average Bonchev–Trinajstić information content (AvgIpc) is 2.90. The number of nitrogens with zero attached hydrogens (tertiary/aromatic N) is 1. The number of methoxy groups -OCH3 is 1. The first-order chi connectivity index (χ1) is 9.50. The first-order valence-electron chi connectivity index (χ1n) is 6.10. The van der Waals surface area contributed by atoms with Crippen LogP contribution in [0.15, 0.2) is 41.8 Å². The predicted molar refractivity (Wildman–Crippen MR) is 81.4 cm³/mol. The molecule has 0 spiro atoms. The maximum absolute atomic E-state index is 12.0. The lowest BCUT2D eigenvalue weighted by Gasteiger charge is -2.20. The van der Waals surface area contributed by atoms with Gasteiger partial charge >= 0.3 is 0 Å². The van der Waals surface area contributed by atoms with Gasteiger partial charge in [0.25, 0.3) is 0 Å². The maximum Gasteiger partial charge on any atom is 0.211 e. The minimum Gasteiger partial charge on any atom is -0.496 e. The van der Waals surface area contributed by atoms with E-state index in [0.29, 0.717) is 18.8 Å². The third kappa shape index (κ3) is 3.82. The zero-order valence-electron chi connectivity index (χ0n) is 11.4. The summed E-state index contributed by atoms with van der Waals surface area (Å²) >= 11 is 1.55. The Morgan fingerprint density at radius 1 is 1.15 bits per heavy atom. The van der Waals surface area contributed by atoms with Crippen molar-refractivity contribution in [3.05, 3.63) is 52.2 Å². The first-order valence-corrected chi connectivity index (χ1v) is 8.83. The van der Waals surface area contributed by atoms with E-state index in [1.54, 1.807) is 18.4 Å². The molecular formula is C14H17NO3S2. The molecule has 0 bridgehead atoms. The van der Waals surface area contributed by atoms with E-state index in [9.17, 15) is 8.42 Å². The number of benzene rings is 1. The van der Waals surface area contributed by atoms with Gasteiger partial charge in [0.05, 0.1) is 13.4 Å². The quantitative estimate of drug-likeness (QED) is 0.824. The summed E-state index contributed by atoms with van der Waals surface area (Å²) < 4.78 is 30.6. The van der Waals surface area contributed by atoms with Gasteiger partial charge in [-0.25, -0.2) is 8.42 Å². The SMILES string of the molecule is COc1ccccc1CN(Cc1cccs1)S(C)(=O)=O. The molecule has 0 aliphatic rings. The molecule has 2 aromatic rings. The molecule has 6 heteroatoms. The summed E-state index contributed by atoms with van der Waals surface area (Å²) in [7, 11) is -1.69. The predicted octanol–water partition coefficient (Wildman–Crippen LogP) is 2.72. The van der Waals surface area contributed by atoms with Crippen LogP contribution in [0.3, 0.4) is 0 Å². The third-order valence-corrected chi connectivity index (χ3v) is 4.98. The van der Waals surface area contributed by atoms with Crippen molar-refractivity contribution in [2.24, 2.45) is 0 Å². The van der Waals surface area contributed by atoms with E-state index in [4.69, 9.17) is 4.74 Å². The monoisotopic (exact) mass is 311 g/mol. The number of thiophene rings is 1. The topological polar surface area (TPSA) is 46.6 Å². The second kappa shape index (κ2) is 6.39. The second-order valence-corrected chi connectivity index (χ2v) is 7.44. The number of sulfonamides is 1. The Kier molecular flexibility index (Phi) is 4.80.